The van der Waals surface area contributed by atoms with E-state index in [0.717, 1.165) is 25.9 Å². The molecule has 2 saturated heterocycles. The van der Waals surface area contributed by atoms with E-state index in [1.807, 2.05) is 0 Å². The summed E-state index contributed by atoms with van der Waals surface area (Å²) >= 11 is 0. The van der Waals surface area contributed by atoms with Crippen molar-refractivity contribution >= 4 is 22.8 Å². The van der Waals surface area contributed by atoms with Crippen LogP contribution in [0.5, 0.6) is 0 Å². The van der Waals surface area contributed by atoms with Crippen LogP contribution >= 0.6 is 0 Å². The number of piperidine rings is 2. The number of aromatic nitrogens is 2. The Hall–Kier alpha value is -2.48. The molecule has 1 unspecified atom stereocenters. The van der Waals surface area contributed by atoms with Crippen LogP contribution in [0.15, 0.2) is 16.9 Å². The Morgan fingerprint density at radius 1 is 1.15 bits per heavy atom. The molecule has 0 saturated carbocycles. The molecule has 1 aromatic heterocycles. The number of halogens is 1. The number of benzene rings is 1. The highest BCUT2D eigenvalue weighted by Crippen LogP contribution is 2.28. The fourth-order valence-corrected chi connectivity index (χ4v) is 4.25. The average Bonchev–Trinajstić information content (AvgIpc) is 2.90. The molecule has 2 aliphatic heterocycles. The second kappa shape index (κ2) is 6.92. The van der Waals surface area contributed by atoms with Crippen molar-refractivity contribution in [1.82, 2.24) is 19.8 Å². The molecule has 0 aliphatic carbocycles. The summed E-state index contributed by atoms with van der Waals surface area (Å²) in [6, 6.07) is 2.65. The van der Waals surface area contributed by atoms with E-state index in [4.69, 9.17) is 0 Å². The SMILES string of the molecule is Cn1c(=O)n(C2CCC(=O)NC2=O)c2ccc(CC3CCNCC3)c(F)c21. The number of nitrogens with one attached hydrogen (secondary N) is 2. The minimum atomic E-state index is -0.798. The zero-order valence-corrected chi connectivity index (χ0v) is 15.3. The van der Waals surface area contributed by atoms with Crippen LogP contribution in [-0.2, 0) is 23.1 Å². The topological polar surface area (TPSA) is 85.1 Å². The van der Waals surface area contributed by atoms with Crippen LogP contribution in [0, 0.1) is 11.7 Å². The lowest BCUT2D eigenvalue weighted by Gasteiger charge is -2.23. The molecule has 3 heterocycles. The highest BCUT2D eigenvalue weighted by Gasteiger charge is 2.32. The number of imide groups is 1. The highest BCUT2D eigenvalue weighted by atomic mass is 19.1. The summed E-state index contributed by atoms with van der Waals surface area (Å²) in [6.45, 7) is 1.89. The molecule has 2 N–H and O–H groups in total. The van der Waals surface area contributed by atoms with Crippen molar-refractivity contribution in [3.8, 4) is 0 Å². The summed E-state index contributed by atoms with van der Waals surface area (Å²) in [4.78, 5) is 36.4. The maximum atomic E-state index is 15.3. The summed E-state index contributed by atoms with van der Waals surface area (Å²) < 4.78 is 17.8. The van der Waals surface area contributed by atoms with Gasteiger partial charge < -0.3 is 5.32 Å². The quantitative estimate of drug-likeness (QED) is 0.785. The highest BCUT2D eigenvalue weighted by molar-refractivity contribution is 6.00. The van der Waals surface area contributed by atoms with Crippen molar-refractivity contribution in [3.05, 3.63) is 34.0 Å². The van der Waals surface area contributed by atoms with Gasteiger partial charge in [0.1, 0.15) is 11.6 Å². The predicted molar refractivity (Wildman–Crippen MR) is 97.9 cm³/mol. The fourth-order valence-electron chi connectivity index (χ4n) is 4.25. The Labute approximate surface area is 155 Å². The average molecular weight is 374 g/mol. The van der Waals surface area contributed by atoms with E-state index in [1.54, 1.807) is 12.1 Å². The van der Waals surface area contributed by atoms with E-state index >= 15 is 4.39 Å². The van der Waals surface area contributed by atoms with Crippen molar-refractivity contribution in [3.63, 3.8) is 0 Å². The number of nitrogens with zero attached hydrogens (tertiary/aromatic N) is 2. The van der Waals surface area contributed by atoms with Crippen molar-refractivity contribution in [2.24, 2.45) is 13.0 Å². The van der Waals surface area contributed by atoms with E-state index in [-0.39, 0.29) is 24.3 Å². The number of imidazole rings is 1. The second-order valence-electron chi connectivity index (χ2n) is 7.48. The predicted octanol–water partition coefficient (Wildman–Crippen LogP) is 0.999. The summed E-state index contributed by atoms with van der Waals surface area (Å²) in [5.41, 5.74) is 0.766. The molecule has 8 heteroatoms. The Balaban J connectivity index is 1.75. The Morgan fingerprint density at radius 2 is 1.89 bits per heavy atom. The molecule has 2 aromatic rings. The first kappa shape index (κ1) is 17.9. The first-order chi connectivity index (χ1) is 13.0. The van der Waals surface area contributed by atoms with Gasteiger partial charge in [0, 0.05) is 13.5 Å². The number of carbonyl (C=O) groups excluding carboxylic acids is 2. The molecular weight excluding hydrogens is 351 g/mol. The smallest absolute Gasteiger partial charge is 0.317 e. The third-order valence-corrected chi connectivity index (χ3v) is 5.75. The van der Waals surface area contributed by atoms with Gasteiger partial charge in [-0.15, -0.1) is 0 Å². The van der Waals surface area contributed by atoms with Gasteiger partial charge in [0.2, 0.25) is 11.8 Å². The van der Waals surface area contributed by atoms with Crippen LogP contribution in [-0.4, -0.2) is 34.0 Å². The molecule has 4 rings (SSSR count). The van der Waals surface area contributed by atoms with Crippen molar-refractivity contribution < 1.29 is 14.0 Å². The molecule has 7 nitrogen and oxygen atoms in total. The van der Waals surface area contributed by atoms with Gasteiger partial charge in [0.15, 0.2) is 5.82 Å². The fraction of sp³-hybridized carbons (Fsp3) is 0.526. The summed E-state index contributed by atoms with van der Waals surface area (Å²) in [5, 5.41) is 5.57. The number of fused-ring (bicyclic) bond motifs is 1. The Morgan fingerprint density at radius 3 is 2.59 bits per heavy atom. The molecule has 27 heavy (non-hydrogen) atoms. The lowest BCUT2D eigenvalue weighted by Crippen LogP contribution is -2.44. The van der Waals surface area contributed by atoms with Crippen LogP contribution in [0.2, 0.25) is 0 Å². The number of rotatable bonds is 3. The summed E-state index contributed by atoms with van der Waals surface area (Å²) in [7, 11) is 1.52. The summed E-state index contributed by atoms with van der Waals surface area (Å²) in [6.07, 6.45) is 3.06. The molecule has 0 radical (unpaired) electrons. The lowest BCUT2D eigenvalue weighted by atomic mass is 9.90. The zero-order chi connectivity index (χ0) is 19.1. The van der Waals surface area contributed by atoms with Gasteiger partial charge in [-0.2, -0.15) is 0 Å². The number of amides is 2. The molecule has 0 bridgehead atoms. The van der Waals surface area contributed by atoms with Gasteiger partial charge >= 0.3 is 5.69 Å². The van der Waals surface area contributed by atoms with Crippen LogP contribution in [0.25, 0.3) is 11.0 Å². The first-order valence-corrected chi connectivity index (χ1v) is 9.40. The second-order valence-corrected chi connectivity index (χ2v) is 7.48. The van der Waals surface area contributed by atoms with Crippen LogP contribution in [0.3, 0.4) is 0 Å². The van der Waals surface area contributed by atoms with E-state index in [9.17, 15) is 14.4 Å². The van der Waals surface area contributed by atoms with Gasteiger partial charge in [-0.3, -0.25) is 24.0 Å². The van der Waals surface area contributed by atoms with Crippen molar-refractivity contribution in [2.45, 2.75) is 38.1 Å². The molecule has 2 amide bonds. The van der Waals surface area contributed by atoms with Crippen LogP contribution in [0.4, 0.5) is 4.39 Å². The Kier molecular flexibility index (Phi) is 4.59. The number of aryl methyl sites for hydroxylation is 1. The maximum Gasteiger partial charge on any atom is 0.329 e. The Bertz CT molecular complexity index is 971. The van der Waals surface area contributed by atoms with Crippen molar-refractivity contribution in [2.75, 3.05) is 13.1 Å². The lowest BCUT2D eigenvalue weighted by molar-refractivity contribution is -0.135. The van der Waals surface area contributed by atoms with Gasteiger partial charge in [0.05, 0.1) is 5.52 Å². The van der Waals surface area contributed by atoms with E-state index in [2.05, 4.69) is 10.6 Å². The number of carbonyl (C=O) groups is 2. The van der Waals surface area contributed by atoms with Gasteiger partial charge in [0.25, 0.3) is 0 Å². The molecule has 0 spiro atoms. The normalized spacial score (nSPS) is 21.6. The largest absolute Gasteiger partial charge is 0.329 e. The van der Waals surface area contributed by atoms with Crippen LogP contribution < -0.4 is 16.3 Å². The summed E-state index contributed by atoms with van der Waals surface area (Å²) in [5.74, 6) is -0.830. The van der Waals surface area contributed by atoms with Crippen molar-refractivity contribution in [1.29, 1.82) is 0 Å². The standard InChI is InChI=1S/C19H23FN4O3/c1-23-17-13(24(19(23)27)14-4-5-15(25)22-18(14)26)3-2-12(16(17)20)10-11-6-8-21-9-7-11/h2-3,11,14,21H,4-10H2,1H3,(H,22,25,26). The van der Waals surface area contributed by atoms with E-state index in [0.29, 0.717) is 23.4 Å². The van der Waals surface area contributed by atoms with Gasteiger partial charge in [-0.25, -0.2) is 9.18 Å². The van der Waals surface area contributed by atoms with Crippen LogP contribution in [0.1, 0.15) is 37.3 Å². The maximum absolute atomic E-state index is 15.3. The zero-order valence-electron chi connectivity index (χ0n) is 15.3. The van der Waals surface area contributed by atoms with Gasteiger partial charge in [-0.1, -0.05) is 6.07 Å². The monoisotopic (exact) mass is 374 g/mol. The molecule has 1 atom stereocenters. The minimum Gasteiger partial charge on any atom is -0.317 e. The molecule has 144 valence electrons. The third-order valence-electron chi connectivity index (χ3n) is 5.75. The minimum absolute atomic E-state index is 0.162. The molecule has 1 aromatic carbocycles. The first-order valence-electron chi connectivity index (χ1n) is 9.40. The van der Waals surface area contributed by atoms with E-state index < -0.39 is 23.5 Å². The molecular formula is C19H23FN4O3. The number of hydrogen-bond acceptors (Lipinski definition) is 4. The third kappa shape index (κ3) is 3.07. The molecule has 2 aliphatic rings. The van der Waals surface area contributed by atoms with E-state index in [1.165, 1.54) is 16.2 Å². The van der Waals surface area contributed by atoms with Gasteiger partial charge in [-0.05, 0) is 56.3 Å². The number of hydrogen-bond donors (Lipinski definition) is 2. The molecule has 2 fully saturated rings.